The van der Waals surface area contributed by atoms with Gasteiger partial charge in [-0.05, 0) is 17.7 Å². The van der Waals surface area contributed by atoms with Crippen molar-refractivity contribution in [2.24, 2.45) is 0 Å². The van der Waals surface area contributed by atoms with Crippen LogP contribution in [0, 0.1) is 0 Å². The Bertz CT molecular complexity index is 311. The number of fused-ring (bicyclic) bond motifs is 1. The summed E-state index contributed by atoms with van der Waals surface area (Å²) in [6.45, 7) is 3.12. The zero-order chi connectivity index (χ0) is 9.97. The third kappa shape index (κ3) is 1.56. The summed E-state index contributed by atoms with van der Waals surface area (Å²) in [6, 6.07) is 8.96. The lowest BCUT2D eigenvalue weighted by molar-refractivity contribution is 0.0796. The van der Waals surface area contributed by atoms with E-state index >= 15 is 0 Å². The van der Waals surface area contributed by atoms with E-state index in [1.54, 1.807) is 7.11 Å². The van der Waals surface area contributed by atoms with Crippen molar-refractivity contribution in [3.63, 3.8) is 0 Å². The maximum absolute atomic E-state index is 5.50. The van der Waals surface area contributed by atoms with Crippen LogP contribution in [-0.2, 0) is 11.2 Å². The molecule has 2 unspecified atom stereocenters. The molecule has 14 heavy (non-hydrogen) atoms. The van der Waals surface area contributed by atoms with Gasteiger partial charge in [-0.3, -0.25) is 0 Å². The average molecular weight is 191 g/mol. The molecular weight excluding hydrogens is 174 g/mol. The molecule has 0 saturated carbocycles. The molecule has 0 aliphatic heterocycles. The van der Waals surface area contributed by atoms with Crippen LogP contribution in [-0.4, -0.2) is 19.8 Å². The van der Waals surface area contributed by atoms with Crippen LogP contribution >= 0.6 is 0 Å². The van der Waals surface area contributed by atoms with E-state index in [0.717, 1.165) is 13.0 Å². The van der Waals surface area contributed by atoms with Crippen molar-refractivity contribution in [3.05, 3.63) is 35.4 Å². The number of rotatable bonds is 3. The Hall–Kier alpha value is -0.860. The summed E-state index contributed by atoms with van der Waals surface area (Å²) in [7, 11) is 1.79. The average Bonchev–Trinajstić information content (AvgIpc) is 2.58. The number of hydrogen-bond acceptors (Lipinski definition) is 2. The summed E-state index contributed by atoms with van der Waals surface area (Å²) < 4.78 is 5.50. The molecule has 0 saturated heterocycles. The largest absolute Gasteiger partial charge is 0.379 e. The second kappa shape index (κ2) is 4.11. The number of likely N-dealkylation sites (N-methyl/N-ethyl adjacent to an activating group) is 1. The number of hydrogen-bond donors (Lipinski definition) is 1. The summed E-state index contributed by atoms with van der Waals surface area (Å²) in [5.74, 6) is 0. The first kappa shape index (κ1) is 9.69. The van der Waals surface area contributed by atoms with E-state index in [-0.39, 0.29) is 0 Å². The van der Waals surface area contributed by atoms with Gasteiger partial charge in [0.05, 0.1) is 12.1 Å². The molecule has 1 aromatic rings. The van der Waals surface area contributed by atoms with Crippen LogP contribution in [0.25, 0.3) is 0 Å². The quantitative estimate of drug-likeness (QED) is 0.788. The van der Waals surface area contributed by atoms with E-state index in [4.69, 9.17) is 4.74 Å². The molecule has 1 aliphatic rings. The van der Waals surface area contributed by atoms with Crippen LogP contribution < -0.4 is 5.32 Å². The second-order valence-corrected chi connectivity index (χ2v) is 3.71. The van der Waals surface area contributed by atoms with E-state index in [0.29, 0.717) is 12.1 Å². The zero-order valence-electron chi connectivity index (χ0n) is 8.79. The lowest BCUT2D eigenvalue weighted by atomic mass is 10.1. The first-order valence-electron chi connectivity index (χ1n) is 5.20. The monoisotopic (exact) mass is 191 g/mol. The highest BCUT2D eigenvalue weighted by Crippen LogP contribution is 2.32. The van der Waals surface area contributed by atoms with Gasteiger partial charge in [0.1, 0.15) is 0 Å². The van der Waals surface area contributed by atoms with E-state index in [9.17, 15) is 0 Å². The molecule has 1 aromatic carbocycles. The molecule has 2 heteroatoms. The smallest absolute Gasteiger partial charge is 0.0806 e. The second-order valence-electron chi connectivity index (χ2n) is 3.71. The maximum Gasteiger partial charge on any atom is 0.0806 e. The Morgan fingerprint density at radius 1 is 1.43 bits per heavy atom. The predicted molar refractivity (Wildman–Crippen MR) is 57.4 cm³/mol. The van der Waals surface area contributed by atoms with Gasteiger partial charge in [-0.15, -0.1) is 0 Å². The van der Waals surface area contributed by atoms with Crippen molar-refractivity contribution in [1.29, 1.82) is 0 Å². The Balaban J connectivity index is 2.27. The highest BCUT2D eigenvalue weighted by molar-refractivity contribution is 5.36. The fourth-order valence-electron chi connectivity index (χ4n) is 2.24. The van der Waals surface area contributed by atoms with Crippen molar-refractivity contribution in [1.82, 2.24) is 5.32 Å². The highest BCUT2D eigenvalue weighted by Gasteiger charge is 2.31. The van der Waals surface area contributed by atoms with E-state index < -0.39 is 0 Å². The van der Waals surface area contributed by atoms with Crippen LogP contribution in [0.1, 0.15) is 24.1 Å². The number of methoxy groups -OCH3 is 1. The SMILES string of the molecule is CCNC1c2ccccc2CC1OC. The predicted octanol–water partition coefficient (Wildman–Crippen LogP) is 1.91. The number of benzene rings is 1. The van der Waals surface area contributed by atoms with Crippen molar-refractivity contribution < 1.29 is 4.74 Å². The standard InChI is InChI=1S/C12H17NO/c1-3-13-12-10-7-5-4-6-9(10)8-11(12)14-2/h4-7,11-13H,3,8H2,1-2H3. The molecule has 0 heterocycles. The molecule has 1 aliphatic carbocycles. The number of ether oxygens (including phenoxy) is 1. The Kier molecular flexibility index (Phi) is 2.85. The zero-order valence-corrected chi connectivity index (χ0v) is 8.79. The summed E-state index contributed by atoms with van der Waals surface area (Å²) >= 11 is 0. The maximum atomic E-state index is 5.50. The Labute approximate surface area is 85.3 Å². The Morgan fingerprint density at radius 3 is 2.93 bits per heavy atom. The first-order chi connectivity index (χ1) is 6.86. The first-order valence-corrected chi connectivity index (χ1v) is 5.20. The summed E-state index contributed by atoms with van der Waals surface area (Å²) in [6.07, 6.45) is 1.33. The number of nitrogens with one attached hydrogen (secondary N) is 1. The lowest BCUT2D eigenvalue weighted by Gasteiger charge is -2.19. The molecule has 2 atom stereocenters. The lowest BCUT2D eigenvalue weighted by Crippen LogP contribution is -2.29. The summed E-state index contributed by atoms with van der Waals surface area (Å²) in [5.41, 5.74) is 2.83. The van der Waals surface area contributed by atoms with E-state index in [1.165, 1.54) is 11.1 Å². The third-order valence-electron chi connectivity index (χ3n) is 2.91. The van der Waals surface area contributed by atoms with Gasteiger partial charge < -0.3 is 10.1 Å². The van der Waals surface area contributed by atoms with Crippen molar-refractivity contribution in [3.8, 4) is 0 Å². The van der Waals surface area contributed by atoms with Gasteiger partial charge in [0.15, 0.2) is 0 Å². The van der Waals surface area contributed by atoms with Crippen LogP contribution in [0.15, 0.2) is 24.3 Å². The topological polar surface area (TPSA) is 21.3 Å². The van der Waals surface area contributed by atoms with Crippen LogP contribution in [0.4, 0.5) is 0 Å². The van der Waals surface area contributed by atoms with Gasteiger partial charge in [-0.1, -0.05) is 31.2 Å². The van der Waals surface area contributed by atoms with E-state index in [1.807, 2.05) is 0 Å². The minimum Gasteiger partial charge on any atom is -0.379 e. The van der Waals surface area contributed by atoms with Gasteiger partial charge >= 0.3 is 0 Å². The van der Waals surface area contributed by atoms with Crippen molar-refractivity contribution >= 4 is 0 Å². The molecular formula is C12H17NO. The van der Waals surface area contributed by atoms with Gasteiger partial charge in [0, 0.05) is 13.5 Å². The van der Waals surface area contributed by atoms with Crippen LogP contribution in [0.2, 0.25) is 0 Å². The molecule has 0 fully saturated rings. The molecule has 0 aromatic heterocycles. The van der Waals surface area contributed by atoms with Crippen LogP contribution in [0.3, 0.4) is 0 Å². The minimum atomic E-state index is 0.298. The normalized spacial score (nSPS) is 25.0. The van der Waals surface area contributed by atoms with Gasteiger partial charge in [0.2, 0.25) is 0 Å². The van der Waals surface area contributed by atoms with Crippen molar-refractivity contribution in [2.75, 3.05) is 13.7 Å². The highest BCUT2D eigenvalue weighted by atomic mass is 16.5. The van der Waals surface area contributed by atoms with Crippen molar-refractivity contribution in [2.45, 2.75) is 25.5 Å². The fourth-order valence-corrected chi connectivity index (χ4v) is 2.24. The molecule has 0 spiro atoms. The molecule has 2 rings (SSSR count). The molecule has 0 amide bonds. The van der Waals surface area contributed by atoms with Gasteiger partial charge in [0.25, 0.3) is 0 Å². The van der Waals surface area contributed by atoms with E-state index in [2.05, 4.69) is 36.5 Å². The summed E-state index contributed by atoms with van der Waals surface area (Å²) in [4.78, 5) is 0. The fraction of sp³-hybridized carbons (Fsp3) is 0.500. The van der Waals surface area contributed by atoms with Crippen LogP contribution in [0.5, 0.6) is 0 Å². The molecule has 76 valence electrons. The minimum absolute atomic E-state index is 0.298. The molecule has 2 nitrogen and oxygen atoms in total. The third-order valence-corrected chi connectivity index (χ3v) is 2.91. The Morgan fingerprint density at radius 2 is 2.21 bits per heavy atom. The van der Waals surface area contributed by atoms with Gasteiger partial charge in [-0.25, -0.2) is 0 Å². The molecule has 0 radical (unpaired) electrons. The van der Waals surface area contributed by atoms with Gasteiger partial charge in [-0.2, -0.15) is 0 Å². The molecule has 1 N–H and O–H groups in total. The molecule has 0 bridgehead atoms. The summed E-state index contributed by atoms with van der Waals surface area (Å²) in [5, 5.41) is 3.48.